The van der Waals surface area contributed by atoms with E-state index in [1.165, 1.54) is 10.6 Å². The van der Waals surface area contributed by atoms with Crippen molar-refractivity contribution in [3.8, 4) is 5.75 Å². The van der Waals surface area contributed by atoms with E-state index < -0.39 is 10.0 Å². The molecule has 2 fully saturated rings. The van der Waals surface area contributed by atoms with Crippen molar-refractivity contribution in [3.63, 3.8) is 0 Å². The van der Waals surface area contributed by atoms with Crippen molar-refractivity contribution in [1.29, 1.82) is 0 Å². The maximum atomic E-state index is 13.1. The predicted molar refractivity (Wildman–Crippen MR) is 100 cm³/mol. The minimum atomic E-state index is -3.24. The summed E-state index contributed by atoms with van der Waals surface area (Å²) in [5.41, 5.74) is 1.12. The minimum Gasteiger partial charge on any atom is -0.494 e. The summed E-state index contributed by atoms with van der Waals surface area (Å²) in [6, 6.07) is 8.04. The van der Waals surface area contributed by atoms with E-state index >= 15 is 0 Å². The highest BCUT2D eigenvalue weighted by Crippen LogP contribution is 2.35. The molecule has 2 heterocycles. The van der Waals surface area contributed by atoms with Gasteiger partial charge in [0.25, 0.3) is 0 Å². The Balaban J connectivity index is 1.72. The van der Waals surface area contributed by atoms with E-state index in [0.29, 0.717) is 19.7 Å². The summed E-state index contributed by atoms with van der Waals surface area (Å²) in [6.45, 7) is 4.16. The molecule has 1 aromatic rings. The summed E-state index contributed by atoms with van der Waals surface area (Å²) < 4.78 is 30.6. The van der Waals surface area contributed by atoms with Crippen LogP contribution in [-0.2, 0) is 14.8 Å². The van der Waals surface area contributed by atoms with Gasteiger partial charge in [-0.15, -0.1) is 0 Å². The van der Waals surface area contributed by atoms with E-state index in [1.807, 2.05) is 36.1 Å². The van der Waals surface area contributed by atoms with Crippen LogP contribution in [0.3, 0.4) is 0 Å². The van der Waals surface area contributed by atoms with Gasteiger partial charge >= 0.3 is 0 Å². The van der Waals surface area contributed by atoms with E-state index in [9.17, 15) is 13.2 Å². The van der Waals surface area contributed by atoms with Gasteiger partial charge in [-0.25, -0.2) is 12.7 Å². The largest absolute Gasteiger partial charge is 0.494 e. The lowest BCUT2D eigenvalue weighted by molar-refractivity contribution is -0.137. The molecule has 2 atom stereocenters. The van der Waals surface area contributed by atoms with Crippen molar-refractivity contribution < 1.29 is 17.9 Å². The monoisotopic (exact) mass is 380 g/mol. The molecule has 2 unspecified atom stereocenters. The van der Waals surface area contributed by atoms with Gasteiger partial charge in [0.15, 0.2) is 0 Å². The third-order valence-corrected chi connectivity index (χ3v) is 6.58. The SMILES string of the molecule is CCOc1ccc(C2CCCN2C(=O)C2CCCN(S(C)(=O)=O)C2)cc1. The van der Waals surface area contributed by atoms with Gasteiger partial charge in [-0.1, -0.05) is 12.1 Å². The average Bonchev–Trinajstić information content (AvgIpc) is 3.11. The lowest BCUT2D eigenvalue weighted by Gasteiger charge is -2.34. The second kappa shape index (κ2) is 7.96. The van der Waals surface area contributed by atoms with Crippen molar-refractivity contribution >= 4 is 15.9 Å². The smallest absolute Gasteiger partial charge is 0.227 e. The molecule has 2 aliphatic heterocycles. The maximum absolute atomic E-state index is 13.1. The third-order valence-electron chi connectivity index (χ3n) is 5.31. The van der Waals surface area contributed by atoms with Crippen LogP contribution in [0.5, 0.6) is 5.75 Å². The van der Waals surface area contributed by atoms with Crippen molar-refractivity contribution in [2.45, 2.75) is 38.6 Å². The Morgan fingerprint density at radius 2 is 1.85 bits per heavy atom. The first-order chi connectivity index (χ1) is 12.4. The number of benzene rings is 1. The number of amides is 1. The fraction of sp³-hybridized carbons (Fsp3) is 0.632. The number of rotatable bonds is 5. The molecule has 144 valence electrons. The van der Waals surface area contributed by atoms with Crippen molar-refractivity contribution in [3.05, 3.63) is 29.8 Å². The highest BCUT2D eigenvalue weighted by atomic mass is 32.2. The molecule has 7 heteroatoms. The van der Waals surface area contributed by atoms with Crippen LogP contribution < -0.4 is 4.74 Å². The molecular formula is C19H28N2O4S. The van der Waals surface area contributed by atoms with E-state index in [2.05, 4.69) is 0 Å². The van der Waals surface area contributed by atoms with Crippen LogP contribution in [0.15, 0.2) is 24.3 Å². The van der Waals surface area contributed by atoms with Crippen LogP contribution in [0.25, 0.3) is 0 Å². The summed E-state index contributed by atoms with van der Waals surface area (Å²) in [7, 11) is -3.24. The Labute approximate surface area is 156 Å². The second-order valence-electron chi connectivity index (χ2n) is 7.15. The molecule has 0 N–H and O–H groups in total. The maximum Gasteiger partial charge on any atom is 0.227 e. The first kappa shape index (κ1) is 19.2. The number of carbonyl (C=O) groups excluding carboxylic acids is 1. The first-order valence-corrected chi connectivity index (χ1v) is 11.2. The van der Waals surface area contributed by atoms with Crippen LogP contribution in [0.4, 0.5) is 0 Å². The molecule has 0 aliphatic carbocycles. The summed E-state index contributed by atoms with van der Waals surface area (Å²) in [5.74, 6) is 0.694. The summed E-state index contributed by atoms with van der Waals surface area (Å²) in [6.07, 6.45) is 4.65. The summed E-state index contributed by atoms with van der Waals surface area (Å²) in [5, 5.41) is 0. The van der Waals surface area contributed by atoms with Gasteiger partial charge in [0.05, 0.1) is 24.8 Å². The quantitative estimate of drug-likeness (QED) is 0.787. The Morgan fingerprint density at radius 3 is 2.50 bits per heavy atom. The predicted octanol–water partition coefficient (Wildman–Crippen LogP) is 2.42. The van der Waals surface area contributed by atoms with Gasteiger partial charge < -0.3 is 9.64 Å². The van der Waals surface area contributed by atoms with Crippen LogP contribution in [0.1, 0.15) is 44.2 Å². The molecule has 1 aromatic carbocycles. The molecule has 0 radical (unpaired) electrons. The number of nitrogens with zero attached hydrogens (tertiary/aromatic N) is 2. The van der Waals surface area contributed by atoms with Gasteiger partial charge in [0.1, 0.15) is 5.75 Å². The van der Waals surface area contributed by atoms with E-state index in [1.54, 1.807) is 0 Å². The van der Waals surface area contributed by atoms with Crippen LogP contribution in [-0.4, -0.2) is 56.0 Å². The average molecular weight is 381 g/mol. The van der Waals surface area contributed by atoms with Gasteiger partial charge in [-0.05, 0) is 50.3 Å². The fourth-order valence-corrected chi connectivity index (χ4v) is 4.92. The number of piperidine rings is 1. The van der Waals surface area contributed by atoms with Crippen molar-refractivity contribution in [2.75, 3.05) is 32.5 Å². The number of sulfonamides is 1. The minimum absolute atomic E-state index is 0.0757. The zero-order chi connectivity index (χ0) is 18.7. The standard InChI is InChI=1S/C19H28N2O4S/c1-3-25-17-10-8-15(9-11-17)18-7-5-13-21(18)19(22)16-6-4-12-20(14-16)26(2,23)24/h8-11,16,18H,3-7,12-14H2,1-2H3. The Morgan fingerprint density at radius 1 is 1.15 bits per heavy atom. The fourth-order valence-electron chi connectivity index (χ4n) is 4.01. The van der Waals surface area contributed by atoms with Gasteiger partial charge in [-0.3, -0.25) is 4.79 Å². The second-order valence-corrected chi connectivity index (χ2v) is 9.13. The molecule has 2 aliphatic rings. The molecule has 0 bridgehead atoms. The van der Waals surface area contributed by atoms with Gasteiger partial charge in [0.2, 0.25) is 15.9 Å². The van der Waals surface area contributed by atoms with Crippen LogP contribution >= 0.6 is 0 Å². The van der Waals surface area contributed by atoms with Crippen LogP contribution in [0.2, 0.25) is 0 Å². The zero-order valence-corrected chi connectivity index (χ0v) is 16.4. The number of likely N-dealkylation sites (tertiary alicyclic amines) is 1. The Kier molecular flexibility index (Phi) is 5.87. The molecule has 0 spiro atoms. The summed E-state index contributed by atoms with van der Waals surface area (Å²) in [4.78, 5) is 15.1. The molecule has 6 nitrogen and oxygen atoms in total. The van der Waals surface area contributed by atoms with Crippen LogP contribution in [0, 0.1) is 5.92 Å². The topological polar surface area (TPSA) is 66.9 Å². The Hall–Kier alpha value is -1.60. The number of carbonyl (C=O) groups is 1. The highest BCUT2D eigenvalue weighted by molar-refractivity contribution is 7.88. The molecule has 2 saturated heterocycles. The molecule has 1 amide bonds. The lowest BCUT2D eigenvalue weighted by atomic mass is 9.96. The zero-order valence-electron chi connectivity index (χ0n) is 15.6. The van der Waals surface area contributed by atoms with E-state index in [-0.39, 0.29) is 17.9 Å². The molecular weight excluding hydrogens is 352 g/mol. The first-order valence-electron chi connectivity index (χ1n) is 9.38. The van der Waals surface area contributed by atoms with Gasteiger partial charge in [-0.2, -0.15) is 0 Å². The number of ether oxygens (including phenoxy) is 1. The van der Waals surface area contributed by atoms with E-state index in [4.69, 9.17) is 4.74 Å². The lowest BCUT2D eigenvalue weighted by Crippen LogP contribution is -2.46. The number of hydrogen-bond donors (Lipinski definition) is 0. The number of hydrogen-bond acceptors (Lipinski definition) is 4. The molecule has 0 saturated carbocycles. The molecule has 26 heavy (non-hydrogen) atoms. The Bertz CT molecular complexity index is 732. The molecule has 3 rings (SSSR count). The third kappa shape index (κ3) is 4.20. The molecule has 0 aromatic heterocycles. The van der Waals surface area contributed by atoms with Gasteiger partial charge in [0, 0.05) is 19.6 Å². The normalized spacial score (nSPS) is 24.6. The van der Waals surface area contributed by atoms with E-state index in [0.717, 1.165) is 43.5 Å². The van der Waals surface area contributed by atoms with Crippen molar-refractivity contribution in [2.24, 2.45) is 5.92 Å². The highest BCUT2D eigenvalue weighted by Gasteiger charge is 2.37. The van der Waals surface area contributed by atoms with Crippen molar-refractivity contribution in [1.82, 2.24) is 9.21 Å². The summed E-state index contributed by atoms with van der Waals surface area (Å²) >= 11 is 0.